The van der Waals surface area contributed by atoms with Crippen LogP contribution in [-0.2, 0) is 6.42 Å². The zero-order chi connectivity index (χ0) is 17.4. The smallest absolute Gasteiger partial charge is 0.163 e. The van der Waals surface area contributed by atoms with Crippen molar-refractivity contribution in [3.05, 3.63) is 46.6 Å². The van der Waals surface area contributed by atoms with E-state index in [0.29, 0.717) is 29.9 Å². The topological polar surface area (TPSA) is 46.5 Å². The van der Waals surface area contributed by atoms with E-state index >= 15 is 0 Å². The normalized spacial score (nSPS) is 11.3. The molecule has 3 heteroatoms. The molecule has 0 aromatic heterocycles. The summed E-state index contributed by atoms with van der Waals surface area (Å²) >= 11 is 0. The summed E-state index contributed by atoms with van der Waals surface area (Å²) in [5, 5.41) is 10.4. The fourth-order valence-corrected chi connectivity index (χ4v) is 2.36. The SMILES string of the molecule is CCOc1ccc(C(C)=O)c(O)c1C/C=C(\C)CCC=C(C)C. The van der Waals surface area contributed by atoms with E-state index in [4.69, 9.17) is 4.74 Å². The first-order chi connectivity index (χ1) is 10.9. The van der Waals surface area contributed by atoms with Gasteiger partial charge in [0.1, 0.15) is 11.5 Å². The van der Waals surface area contributed by atoms with Gasteiger partial charge in [-0.1, -0.05) is 23.3 Å². The highest BCUT2D eigenvalue weighted by Crippen LogP contribution is 2.33. The van der Waals surface area contributed by atoms with Crippen molar-refractivity contribution in [2.75, 3.05) is 6.61 Å². The molecule has 0 fully saturated rings. The second-order valence-electron chi connectivity index (χ2n) is 6.00. The van der Waals surface area contributed by atoms with E-state index in [0.717, 1.165) is 12.8 Å². The van der Waals surface area contributed by atoms with E-state index < -0.39 is 0 Å². The zero-order valence-corrected chi connectivity index (χ0v) is 14.9. The van der Waals surface area contributed by atoms with Gasteiger partial charge in [-0.3, -0.25) is 4.79 Å². The molecular weight excluding hydrogens is 288 g/mol. The first kappa shape index (κ1) is 19.0. The van der Waals surface area contributed by atoms with Crippen LogP contribution in [0.15, 0.2) is 35.4 Å². The second-order valence-corrected chi connectivity index (χ2v) is 6.00. The van der Waals surface area contributed by atoms with Gasteiger partial charge in [0, 0.05) is 5.56 Å². The molecule has 0 aliphatic carbocycles. The van der Waals surface area contributed by atoms with E-state index in [1.54, 1.807) is 12.1 Å². The predicted molar refractivity (Wildman–Crippen MR) is 95.4 cm³/mol. The van der Waals surface area contributed by atoms with Gasteiger partial charge in [0.2, 0.25) is 0 Å². The van der Waals surface area contributed by atoms with Gasteiger partial charge in [-0.15, -0.1) is 0 Å². The number of phenolic OH excluding ortho intramolecular Hbond substituents is 1. The number of hydrogen-bond acceptors (Lipinski definition) is 3. The molecular formula is C20H28O3. The average Bonchev–Trinajstić information content (AvgIpc) is 2.46. The van der Waals surface area contributed by atoms with Crippen molar-refractivity contribution < 1.29 is 14.6 Å². The molecule has 0 unspecified atom stereocenters. The summed E-state index contributed by atoms with van der Waals surface area (Å²) in [6.45, 7) is 10.2. The predicted octanol–water partition coefficient (Wildman–Crippen LogP) is 5.23. The summed E-state index contributed by atoms with van der Waals surface area (Å²) in [4.78, 5) is 11.6. The Morgan fingerprint density at radius 2 is 1.87 bits per heavy atom. The lowest BCUT2D eigenvalue weighted by molar-refractivity contribution is 0.101. The molecule has 126 valence electrons. The van der Waals surface area contributed by atoms with E-state index in [1.807, 2.05) is 6.92 Å². The van der Waals surface area contributed by atoms with Crippen LogP contribution in [0.3, 0.4) is 0 Å². The van der Waals surface area contributed by atoms with Gasteiger partial charge in [-0.25, -0.2) is 0 Å². The van der Waals surface area contributed by atoms with Crippen LogP contribution in [0.1, 0.15) is 63.4 Å². The highest BCUT2D eigenvalue weighted by atomic mass is 16.5. The summed E-state index contributed by atoms with van der Waals surface area (Å²) in [5.41, 5.74) is 3.61. The number of Topliss-reactive ketones (excluding diaryl/α,β-unsaturated/α-hetero) is 1. The lowest BCUT2D eigenvalue weighted by atomic mass is 10.0. The number of rotatable bonds is 8. The van der Waals surface area contributed by atoms with Crippen molar-refractivity contribution in [3.63, 3.8) is 0 Å². The van der Waals surface area contributed by atoms with Gasteiger partial charge >= 0.3 is 0 Å². The summed E-state index contributed by atoms with van der Waals surface area (Å²) in [6.07, 6.45) is 6.88. The van der Waals surface area contributed by atoms with Gasteiger partial charge in [0.15, 0.2) is 5.78 Å². The van der Waals surface area contributed by atoms with Crippen LogP contribution in [0.5, 0.6) is 11.5 Å². The number of ether oxygens (including phenoxy) is 1. The number of phenols is 1. The number of hydrogen-bond donors (Lipinski definition) is 1. The van der Waals surface area contributed by atoms with Gasteiger partial charge in [0.25, 0.3) is 0 Å². The first-order valence-corrected chi connectivity index (χ1v) is 8.14. The van der Waals surface area contributed by atoms with Gasteiger partial charge in [-0.05, 0) is 66.0 Å². The summed E-state index contributed by atoms with van der Waals surface area (Å²) in [7, 11) is 0. The molecule has 1 N–H and O–H groups in total. The molecule has 0 aliphatic rings. The highest BCUT2D eigenvalue weighted by Gasteiger charge is 2.15. The van der Waals surface area contributed by atoms with Crippen LogP contribution in [0, 0.1) is 0 Å². The Labute approximate surface area is 139 Å². The summed E-state index contributed by atoms with van der Waals surface area (Å²) in [5.74, 6) is 0.538. The zero-order valence-electron chi connectivity index (χ0n) is 14.9. The van der Waals surface area contributed by atoms with Crippen molar-refractivity contribution in [2.45, 2.75) is 53.9 Å². The molecule has 0 atom stereocenters. The molecule has 0 bridgehead atoms. The molecule has 1 aromatic rings. The summed E-state index contributed by atoms with van der Waals surface area (Å²) < 4.78 is 5.59. The Bertz CT molecular complexity index is 606. The van der Waals surface area contributed by atoms with E-state index in [1.165, 1.54) is 18.1 Å². The van der Waals surface area contributed by atoms with Crippen LogP contribution in [0.4, 0.5) is 0 Å². The van der Waals surface area contributed by atoms with Crippen LogP contribution in [0.25, 0.3) is 0 Å². The number of carbonyl (C=O) groups excluding carboxylic acids is 1. The molecule has 1 aromatic carbocycles. The Hall–Kier alpha value is -2.03. The van der Waals surface area contributed by atoms with Crippen molar-refractivity contribution >= 4 is 5.78 Å². The number of aromatic hydroxyl groups is 1. The molecule has 0 heterocycles. The molecule has 1 rings (SSSR count). The molecule has 0 saturated heterocycles. The molecule has 0 saturated carbocycles. The number of carbonyl (C=O) groups is 1. The molecule has 3 nitrogen and oxygen atoms in total. The maximum Gasteiger partial charge on any atom is 0.163 e. The van der Waals surface area contributed by atoms with Crippen LogP contribution < -0.4 is 4.74 Å². The minimum Gasteiger partial charge on any atom is -0.507 e. The number of allylic oxidation sites excluding steroid dienone is 4. The van der Waals surface area contributed by atoms with E-state index in [-0.39, 0.29) is 11.5 Å². The third-order valence-corrected chi connectivity index (χ3v) is 3.66. The molecule has 0 radical (unpaired) electrons. The largest absolute Gasteiger partial charge is 0.507 e. The Kier molecular flexibility index (Phi) is 7.60. The lowest BCUT2D eigenvalue weighted by Gasteiger charge is -2.13. The number of ketones is 1. The fourth-order valence-electron chi connectivity index (χ4n) is 2.36. The second kappa shape index (κ2) is 9.19. The average molecular weight is 316 g/mol. The molecule has 0 spiro atoms. The van der Waals surface area contributed by atoms with E-state index in [9.17, 15) is 9.90 Å². The van der Waals surface area contributed by atoms with Gasteiger partial charge < -0.3 is 9.84 Å². The van der Waals surface area contributed by atoms with Crippen LogP contribution >= 0.6 is 0 Å². The third-order valence-electron chi connectivity index (χ3n) is 3.66. The minimum absolute atomic E-state index is 0.0387. The monoisotopic (exact) mass is 316 g/mol. The Morgan fingerprint density at radius 1 is 1.17 bits per heavy atom. The van der Waals surface area contributed by atoms with Crippen LogP contribution in [-0.4, -0.2) is 17.5 Å². The highest BCUT2D eigenvalue weighted by molar-refractivity contribution is 5.97. The van der Waals surface area contributed by atoms with Gasteiger partial charge in [-0.2, -0.15) is 0 Å². The van der Waals surface area contributed by atoms with E-state index in [2.05, 4.69) is 32.9 Å². The van der Waals surface area contributed by atoms with Crippen molar-refractivity contribution in [3.8, 4) is 11.5 Å². The van der Waals surface area contributed by atoms with Crippen molar-refractivity contribution in [1.29, 1.82) is 0 Å². The Morgan fingerprint density at radius 3 is 2.43 bits per heavy atom. The van der Waals surface area contributed by atoms with Crippen molar-refractivity contribution in [2.24, 2.45) is 0 Å². The third kappa shape index (κ3) is 5.93. The maximum absolute atomic E-state index is 11.6. The van der Waals surface area contributed by atoms with Gasteiger partial charge in [0.05, 0.1) is 12.2 Å². The molecule has 0 amide bonds. The standard InChI is InChI=1S/C20H28O3/c1-6-23-19-13-12-17(16(5)21)20(22)18(19)11-10-15(4)9-7-8-14(2)3/h8,10,12-13,22H,6-7,9,11H2,1-5H3/b15-10+. The van der Waals surface area contributed by atoms with Crippen molar-refractivity contribution in [1.82, 2.24) is 0 Å². The Balaban J connectivity index is 2.98. The maximum atomic E-state index is 11.6. The summed E-state index contributed by atoms with van der Waals surface area (Å²) in [6, 6.07) is 3.39. The fraction of sp³-hybridized carbons (Fsp3) is 0.450. The molecule has 0 aliphatic heterocycles. The lowest BCUT2D eigenvalue weighted by Crippen LogP contribution is -2.01. The first-order valence-electron chi connectivity index (χ1n) is 8.14. The number of benzene rings is 1. The van der Waals surface area contributed by atoms with Crippen LogP contribution in [0.2, 0.25) is 0 Å². The molecule has 23 heavy (non-hydrogen) atoms. The quantitative estimate of drug-likeness (QED) is 0.527. The minimum atomic E-state index is -0.143.